The summed E-state index contributed by atoms with van der Waals surface area (Å²) in [5.41, 5.74) is 5.79. The molecule has 22 heteroatoms. The summed E-state index contributed by atoms with van der Waals surface area (Å²) < 4.78 is 20.4. The van der Waals surface area contributed by atoms with Crippen molar-refractivity contribution in [2.75, 3.05) is 32.8 Å². The second-order valence-electron chi connectivity index (χ2n) is 18.6. The number of nitrogens with zero attached hydrogens (tertiary/aromatic N) is 12. The molecule has 70 heavy (non-hydrogen) atoms. The zero-order valence-electron chi connectivity index (χ0n) is 42.7. The zero-order chi connectivity index (χ0) is 50.6. The molecule has 8 rings (SSSR count). The average Bonchev–Trinajstić information content (AvgIpc) is 3.93. The number of hydrogen-bond donors (Lipinski definition) is 3. The van der Waals surface area contributed by atoms with E-state index in [1.54, 1.807) is 21.9 Å². The summed E-state index contributed by atoms with van der Waals surface area (Å²) in [6, 6.07) is 16.9. The van der Waals surface area contributed by atoms with Gasteiger partial charge in [0.05, 0.1) is 25.2 Å². The number of halogens is 1. The molecule has 0 fully saturated rings. The van der Waals surface area contributed by atoms with Crippen LogP contribution >= 0.6 is 12.4 Å². The van der Waals surface area contributed by atoms with Crippen LogP contribution in [0.1, 0.15) is 121 Å². The first-order chi connectivity index (χ1) is 32.6. The van der Waals surface area contributed by atoms with E-state index in [-0.39, 0.29) is 48.6 Å². The molecule has 0 aromatic carbocycles. The van der Waals surface area contributed by atoms with E-state index >= 15 is 0 Å². The van der Waals surface area contributed by atoms with E-state index in [1.807, 2.05) is 136 Å². The minimum absolute atomic E-state index is 0. The molecule has 5 aromatic rings. The highest BCUT2D eigenvalue weighted by atomic mass is 35.5. The van der Waals surface area contributed by atoms with Gasteiger partial charge < -0.3 is 28.7 Å². The van der Waals surface area contributed by atoms with Crippen LogP contribution in [-0.4, -0.2) is 128 Å². The molecule has 0 radical (unpaired) electrons. The van der Waals surface area contributed by atoms with E-state index in [0.717, 1.165) is 64.9 Å². The van der Waals surface area contributed by atoms with Gasteiger partial charge >= 0.3 is 12.2 Å². The summed E-state index contributed by atoms with van der Waals surface area (Å²) >= 11 is 0. The highest BCUT2D eigenvalue weighted by Crippen LogP contribution is 2.29. The Morgan fingerprint density at radius 1 is 0.686 bits per heavy atom. The van der Waals surface area contributed by atoms with Crippen LogP contribution in [0.4, 0.5) is 9.59 Å². The van der Waals surface area contributed by atoms with E-state index in [0.29, 0.717) is 44.4 Å². The maximum absolute atomic E-state index is 12.4. The number of ether oxygens (including phenoxy) is 3. The number of pyridine rings is 3. The van der Waals surface area contributed by atoms with Crippen LogP contribution in [0.5, 0.6) is 0 Å². The van der Waals surface area contributed by atoms with Crippen molar-refractivity contribution in [1.82, 2.24) is 65.0 Å². The number of nitrogen functional groups attached to an aromatic ring is 1. The minimum Gasteiger partial charge on any atom is -0.480 e. The van der Waals surface area contributed by atoms with Crippen LogP contribution in [-0.2, 0) is 27.3 Å². The summed E-state index contributed by atoms with van der Waals surface area (Å²) in [7, 11) is 0. The van der Waals surface area contributed by atoms with Gasteiger partial charge in [0, 0.05) is 49.8 Å². The first-order valence-corrected chi connectivity index (χ1v) is 23.2. The number of aliphatic imine (C=N–C) groups is 1. The quantitative estimate of drug-likeness (QED) is 0.0958. The van der Waals surface area contributed by atoms with Gasteiger partial charge in [0.1, 0.15) is 40.2 Å². The monoisotopic (exact) mass is 988 g/mol. The van der Waals surface area contributed by atoms with E-state index in [1.165, 1.54) is 0 Å². The zero-order valence-corrected chi connectivity index (χ0v) is 43.5. The van der Waals surface area contributed by atoms with Crippen LogP contribution in [0.2, 0.25) is 0 Å². The third-order valence-corrected chi connectivity index (χ3v) is 10.6. The Kier molecular flexibility index (Phi) is 19.9. The van der Waals surface area contributed by atoms with E-state index in [4.69, 9.17) is 20.1 Å². The molecule has 380 valence electrons. The van der Waals surface area contributed by atoms with Gasteiger partial charge in [0.2, 0.25) is 5.90 Å². The lowest BCUT2D eigenvalue weighted by molar-refractivity contribution is 0.0120. The number of nitrogens with two attached hydrogens (primary N) is 1. The number of hydrazine groups is 1. The number of aromatic nitrogens is 9. The summed E-state index contributed by atoms with van der Waals surface area (Å²) in [4.78, 5) is 55.8. The Morgan fingerprint density at radius 2 is 1.19 bits per heavy atom. The third-order valence-electron chi connectivity index (χ3n) is 10.6. The van der Waals surface area contributed by atoms with Gasteiger partial charge in [0.15, 0.2) is 17.5 Å². The number of rotatable bonds is 4. The molecule has 3 atom stereocenters. The normalized spacial score (nSPS) is 17.2. The lowest BCUT2D eigenvalue weighted by Gasteiger charge is -2.34. The van der Waals surface area contributed by atoms with Gasteiger partial charge in [0.25, 0.3) is 5.91 Å². The summed E-state index contributed by atoms with van der Waals surface area (Å²) in [5.74, 6) is 8.53. The second kappa shape index (κ2) is 24.8. The lowest BCUT2D eigenvalue weighted by Crippen LogP contribution is -2.50. The molecule has 0 bridgehead atoms. The van der Waals surface area contributed by atoms with Gasteiger partial charge in [-0.2, -0.15) is 0 Å². The summed E-state index contributed by atoms with van der Waals surface area (Å²) in [6.07, 6.45) is -0.628. The number of fused-ring (bicyclic) bond motifs is 2. The van der Waals surface area contributed by atoms with Gasteiger partial charge in [-0.3, -0.25) is 25.0 Å². The maximum Gasteiger partial charge on any atom is 0.411 e. The van der Waals surface area contributed by atoms with E-state index in [2.05, 4.69) is 57.1 Å². The predicted molar refractivity (Wildman–Crippen MR) is 268 cm³/mol. The van der Waals surface area contributed by atoms with Crippen LogP contribution in [0.25, 0.3) is 23.0 Å². The van der Waals surface area contributed by atoms with Crippen LogP contribution in [0, 0.1) is 20.8 Å². The molecule has 3 aliphatic rings. The highest BCUT2D eigenvalue weighted by Gasteiger charge is 2.35. The number of carbonyl (C=O) groups is 3. The topological polar surface area (TPSA) is 248 Å². The molecule has 5 aromatic heterocycles. The number of aryl methyl sites for hydroxylation is 3. The van der Waals surface area contributed by atoms with Crippen molar-refractivity contribution in [3.05, 3.63) is 89.0 Å². The van der Waals surface area contributed by atoms with Crippen molar-refractivity contribution in [2.24, 2.45) is 10.8 Å². The number of hydrogen-bond acceptors (Lipinski definition) is 16. The van der Waals surface area contributed by atoms with Crippen molar-refractivity contribution >= 4 is 36.4 Å². The van der Waals surface area contributed by atoms with Crippen molar-refractivity contribution in [3.63, 3.8) is 0 Å². The van der Waals surface area contributed by atoms with Crippen molar-refractivity contribution < 1.29 is 28.6 Å². The molecule has 21 nitrogen and oxygen atoms in total. The van der Waals surface area contributed by atoms with Crippen LogP contribution in [0.15, 0.2) is 59.6 Å². The molecule has 0 saturated carbocycles. The highest BCUT2D eigenvalue weighted by molar-refractivity contribution is 5.91. The van der Waals surface area contributed by atoms with Gasteiger partial charge in [-0.05, 0) is 126 Å². The molecule has 4 N–H and O–H groups in total. The number of amides is 3. The van der Waals surface area contributed by atoms with E-state index in [9.17, 15) is 14.4 Å². The van der Waals surface area contributed by atoms with E-state index < -0.39 is 11.2 Å². The smallest absolute Gasteiger partial charge is 0.411 e. The number of nitrogens with one attached hydrogen (secondary N) is 2. The van der Waals surface area contributed by atoms with Gasteiger partial charge in [-0.25, -0.2) is 30.4 Å². The Bertz CT molecular complexity index is 2570. The van der Waals surface area contributed by atoms with Gasteiger partial charge in [-0.1, -0.05) is 18.2 Å². The van der Waals surface area contributed by atoms with Crippen LogP contribution in [0.3, 0.4) is 0 Å². The fourth-order valence-corrected chi connectivity index (χ4v) is 7.36. The fourth-order valence-electron chi connectivity index (χ4n) is 7.36. The molecule has 3 amide bonds. The molecule has 3 aliphatic heterocycles. The Morgan fingerprint density at radius 3 is 1.69 bits per heavy atom. The first kappa shape index (κ1) is 56.0. The Hall–Kier alpha value is -6.58. The fraction of sp³-hybridized carbons (Fsp3) is 0.521. The molecular weight excluding hydrogens is 918 g/mol. The molecule has 0 spiro atoms. The molecule has 3 unspecified atom stereocenters. The predicted octanol–water partition coefficient (Wildman–Crippen LogP) is 6.75. The number of carbonyl (C=O) groups excluding carboxylic acids is 3. The Balaban J connectivity index is 0.000000209. The molecule has 0 saturated heterocycles. The minimum atomic E-state index is -0.515. The standard InChI is InChI=1S/C17H23N5O2.C12H15N5.C12H22N2O3.C7H9N3O.ClH/c1-11-7-6-8-13(18-11)15-20-19-14-12(2)21(9-10-22(14)15)16(23)24-17(3,4)5;1-8-4-3-5-10(14-8)12-16-15-11-9(2)13-6-7-17(11)12;1-6-16-10-9(2)14(8-7-13-10)11(15)17-12(3,4)5;1-5-3-2-4-6(9-5)7(11)10-8;/h6-8,12H,9-10H2,1-5H3;3-5,9,13H,6-7H2,1-2H3;9H,6-8H2,1-5H3;2-4H,8H2,1H3,(H,10,11);1H. The van der Waals surface area contributed by atoms with Gasteiger partial charge in [-0.15, -0.1) is 32.8 Å². The lowest BCUT2D eigenvalue weighted by atomic mass is 10.2. The SMILES string of the molecule is CCOC1=NCCN(C(=O)OC(C)(C)C)C1C.Cc1cccc(-c2nnc3n2CCN(C(=O)OC(C)(C)C)C3C)n1.Cc1cccc(-c2nnc3n2CCNC3C)n1.Cc1cccc(C(=O)NN)n1.Cl. The maximum atomic E-state index is 12.4. The second-order valence-corrected chi connectivity index (χ2v) is 18.6. The first-order valence-electron chi connectivity index (χ1n) is 23.2. The van der Waals surface area contributed by atoms with Crippen molar-refractivity contribution in [3.8, 4) is 23.0 Å². The van der Waals surface area contributed by atoms with Crippen LogP contribution < -0.4 is 16.6 Å². The molecule has 0 aliphatic carbocycles. The largest absolute Gasteiger partial charge is 0.480 e. The molecule has 8 heterocycles. The Labute approximate surface area is 416 Å². The average molecular weight is 989 g/mol. The van der Waals surface area contributed by atoms with Crippen molar-refractivity contribution in [1.29, 1.82) is 0 Å². The summed E-state index contributed by atoms with van der Waals surface area (Å²) in [5, 5.41) is 20.5. The third kappa shape index (κ3) is 15.2. The molecular formula is C48H70ClN15O6. The van der Waals surface area contributed by atoms with Crippen molar-refractivity contribution in [2.45, 2.75) is 132 Å². The summed E-state index contributed by atoms with van der Waals surface area (Å²) in [6.45, 7) is 29.5.